The molecule has 0 spiro atoms. The van der Waals surface area contributed by atoms with E-state index < -0.39 is 0 Å². The summed E-state index contributed by atoms with van der Waals surface area (Å²) in [6.45, 7) is 14.8. The van der Waals surface area contributed by atoms with Crippen LogP contribution in [0.25, 0.3) is 54.2 Å². The Kier molecular flexibility index (Phi) is 6.12. The number of benzene rings is 7. The van der Waals surface area contributed by atoms with Crippen molar-refractivity contribution in [3.8, 4) is 17.2 Å². The average molecular weight is 595 g/mol. The van der Waals surface area contributed by atoms with Gasteiger partial charge in [-0.25, -0.2) is 0 Å². The minimum Gasteiger partial charge on any atom is -0.336 e. The van der Waals surface area contributed by atoms with E-state index in [-0.39, 0.29) is 10.8 Å². The smallest absolute Gasteiger partial charge is 0.0998 e. The lowest BCUT2D eigenvalue weighted by molar-refractivity contribution is 0.593. The topological polar surface area (TPSA) is 27.0 Å². The lowest BCUT2D eigenvalue weighted by Gasteiger charge is -2.33. The zero-order valence-corrected chi connectivity index (χ0v) is 27.5. The molecule has 0 unspecified atom stereocenters. The van der Waals surface area contributed by atoms with E-state index in [1.165, 1.54) is 76.9 Å². The van der Waals surface area contributed by atoms with E-state index in [9.17, 15) is 5.26 Å². The third-order valence-electron chi connectivity index (χ3n) is 9.86. The Morgan fingerprint density at radius 2 is 1.17 bits per heavy atom. The summed E-state index contributed by atoms with van der Waals surface area (Å²) in [5.41, 5.74) is 9.52. The third kappa shape index (κ3) is 4.15. The van der Waals surface area contributed by atoms with Gasteiger partial charge in [-0.05, 0) is 101 Å². The number of nitrogens with zero attached hydrogens (tertiary/aromatic N) is 2. The number of hydrogen-bond acceptors (Lipinski definition) is 2. The summed E-state index contributed by atoms with van der Waals surface area (Å²) >= 11 is 0. The van der Waals surface area contributed by atoms with Crippen LogP contribution in [0.15, 0.2) is 109 Å². The molecule has 0 radical (unpaired) electrons. The van der Waals surface area contributed by atoms with E-state index >= 15 is 0 Å². The van der Waals surface area contributed by atoms with Crippen LogP contribution in [-0.2, 0) is 17.4 Å². The first-order valence-electron chi connectivity index (χ1n) is 16.3. The van der Waals surface area contributed by atoms with Crippen LogP contribution in [0.3, 0.4) is 0 Å². The Morgan fingerprint density at radius 1 is 0.565 bits per heavy atom. The molecule has 1 heterocycles. The van der Waals surface area contributed by atoms with E-state index in [1.807, 2.05) is 6.07 Å². The van der Waals surface area contributed by atoms with E-state index in [0.717, 1.165) is 17.5 Å². The zero-order valence-electron chi connectivity index (χ0n) is 27.5. The minimum absolute atomic E-state index is 0.0181. The van der Waals surface area contributed by atoms with Crippen LogP contribution in [0.2, 0.25) is 0 Å². The van der Waals surface area contributed by atoms with Crippen molar-refractivity contribution in [3.05, 3.63) is 131 Å². The molecule has 0 fully saturated rings. The van der Waals surface area contributed by atoms with Gasteiger partial charge in [-0.3, -0.25) is 0 Å². The predicted octanol–water partition coefficient (Wildman–Crippen LogP) is 12.1. The molecule has 46 heavy (non-hydrogen) atoms. The van der Waals surface area contributed by atoms with Crippen molar-refractivity contribution in [2.75, 3.05) is 4.90 Å². The maximum atomic E-state index is 10.0. The molecule has 2 heteroatoms. The van der Waals surface area contributed by atoms with Gasteiger partial charge in [0.1, 0.15) is 0 Å². The van der Waals surface area contributed by atoms with Crippen molar-refractivity contribution in [2.45, 2.75) is 58.9 Å². The van der Waals surface area contributed by atoms with Gasteiger partial charge in [-0.2, -0.15) is 5.26 Å². The van der Waals surface area contributed by atoms with Crippen molar-refractivity contribution in [2.24, 2.45) is 0 Å². The molecule has 7 aromatic carbocycles. The number of fused-ring (bicyclic) bond motifs is 2. The van der Waals surface area contributed by atoms with Gasteiger partial charge in [0.25, 0.3) is 0 Å². The molecule has 1 aliphatic heterocycles. The molecule has 0 atom stereocenters. The molecule has 0 saturated heterocycles. The number of para-hydroxylation sites is 1. The Bertz CT molecular complexity index is 2410. The highest BCUT2D eigenvalue weighted by molar-refractivity contribution is 6.21. The van der Waals surface area contributed by atoms with Crippen molar-refractivity contribution in [3.63, 3.8) is 0 Å². The van der Waals surface area contributed by atoms with Gasteiger partial charge in [0.15, 0.2) is 0 Å². The van der Waals surface area contributed by atoms with Crippen molar-refractivity contribution >= 4 is 54.5 Å². The molecular formula is C44H38N2. The highest BCUT2D eigenvalue weighted by Gasteiger charge is 2.29. The SMILES string of the molecule is CC(C)(C)c1c2ccccc2c(C(C)(C)C)c2cc(-c3ccc4c5c3ccc3c(C#N)ccc(c35)CN4c3ccccc3)ccc12. The first kappa shape index (κ1) is 28.4. The fourth-order valence-corrected chi connectivity index (χ4v) is 8.11. The van der Waals surface area contributed by atoms with Crippen molar-refractivity contribution in [1.82, 2.24) is 0 Å². The molecule has 0 bridgehead atoms. The molecule has 2 nitrogen and oxygen atoms in total. The fourth-order valence-electron chi connectivity index (χ4n) is 8.11. The number of nitriles is 1. The van der Waals surface area contributed by atoms with Crippen LogP contribution in [0.5, 0.6) is 0 Å². The largest absolute Gasteiger partial charge is 0.336 e. The highest BCUT2D eigenvalue weighted by Crippen LogP contribution is 2.49. The molecule has 0 N–H and O–H groups in total. The molecular weight excluding hydrogens is 556 g/mol. The summed E-state index contributed by atoms with van der Waals surface area (Å²) in [4.78, 5) is 2.42. The monoisotopic (exact) mass is 594 g/mol. The van der Waals surface area contributed by atoms with E-state index in [1.54, 1.807) is 0 Å². The average Bonchev–Trinajstić information content (AvgIpc) is 3.04. The molecule has 1 aliphatic rings. The summed E-state index contributed by atoms with van der Waals surface area (Å²) in [5.74, 6) is 0. The quantitative estimate of drug-likeness (QED) is 0.147. The summed E-state index contributed by atoms with van der Waals surface area (Å²) in [7, 11) is 0. The molecule has 8 rings (SSSR count). The number of rotatable bonds is 2. The minimum atomic E-state index is -0.0470. The van der Waals surface area contributed by atoms with E-state index in [2.05, 4.69) is 156 Å². The van der Waals surface area contributed by atoms with E-state index in [4.69, 9.17) is 0 Å². The Labute approximate surface area is 271 Å². The molecule has 0 amide bonds. The Hall–Kier alpha value is -5.13. The van der Waals surface area contributed by atoms with Crippen LogP contribution in [0.1, 0.15) is 63.8 Å². The predicted molar refractivity (Wildman–Crippen MR) is 196 cm³/mol. The van der Waals surface area contributed by atoms with Gasteiger partial charge in [0.05, 0.1) is 11.6 Å². The first-order chi connectivity index (χ1) is 22.1. The molecule has 224 valence electrons. The van der Waals surface area contributed by atoms with Gasteiger partial charge in [0.2, 0.25) is 0 Å². The summed E-state index contributed by atoms with van der Waals surface area (Å²) < 4.78 is 0. The summed E-state index contributed by atoms with van der Waals surface area (Å²) in [6, 6.07) is 42.4. The van der Waals surface area contributed by atoms with Gasteiger partial charge < -0.3 is 4.90 Å². The summed E-state index contributed by atoms with van der Waals surface area (Å²) in [5, 5.41) is 20.1. The lowest BCUT2D eigenvalue weighted by atomic mass is 9.73. The Balaban J connectivity index is 1.47. The van der Waals surface area contributed by atoms with Crippen molar-refractivity contribution in [1.29, 1.82) is 5.26 Å². The number of anilines is 2. The van der Waals surface area contributed by atoms with Gasteiger partial charge in [-0.1, -0.05) is 120 Å². The maximum Gasteiger partial charge on any atom is 0.0998 e. The molecule has 0 aliphatic carbocycles. The van der Waals surface area contributed by atoms with Crippen LogP contribution in [0, 0.1) is 11.3 Å². The lowest BCUT2D eigenvalue weighted by Crippen LogP contribution is -2.20. The highest BCUT2D eigenvalue weighted by atomic mass is 15.1. The second-order valence-corrected chi connectivity index (χ2v) is 14.9. The van der Waals surface area contributed by atoms with Gasteiger partial charge >= 0.3 is 0 Å². The Morgan fingerprint density at radius 3 is 1.85 bits per heavy atom. The summed E-state index contributed by atoms with van der Waals surface area (Å²) in [6.07, 6.45) is 0. The standard InChI is InChI=1S/C44H38N2/c1-43(2,3)41-34-14-10-11-15-35(34)42(44(4,5)6)37-24-27(18-19-36(37)41)31-22-23-38-40-33(31)21-20-32-28(25-45)16-17-29(39(32)40)26-46(38)30-12-8-7-9-13-30/h7-24H,26H2,1-6H3. The van der Waals surface area contributed by atoms with Crippen LogP contribution in [-0.4, -0.2) is 0 Å². The molecule has 0 aromatic heterocycles. The van der Waals surface area contributed by atoms with Crippen molar-refractivity contribution < 1.29 is 0 Å². The molecule has 7 aromatic rings. The second-order valence-electron chi connectivity index (χ2n) is 14.9. The second kappa shape index (κ2) is 9.93. The molecule has 0 saturated carbocycles. The normalized spacial score (nSPS) is 13.3. The van der Waals surface area contributed by atoms with E-state index in [0.29, 0.717) is 0 Å². The number of hydrogen-bond donors (Lipinski definition) is 0. The first-order valence-corrected chi connectivity index (χ1v) is 16.3. The fraction of sp³-hybridized carbons (Fsp3) is 0.205. The van der Waals surface area contributed by atoms with Crippen LogP contribution < -0.4 is 4.90 Å². The van der Waals surface area contributed by atoms with Crippen LogP contribution >= 0.6 is 0 Å². The van der Waals surface area contributed by atoms with Gasteiger partial charge in [0, 0.05) is 28.7 Å². The van der Waals surface area contributed by atoms with Crippen LogP contribution in [0.4, 0.5) is 11.4 Å². The van der Waals surface area contributed by atoms with Gasteiger partial charge in [-0.15, -0.1) is 0 Å². The zero-order chi connectivity index (χ0) is 32.0. The third-order valence-corrected chi connectivity index (χ3v) is 9.86. The maximum absolute atomic E-state index is 10.0.